The molecule has 0 heterocycles. The van der Waals surface area contributed by atoms with Gasteiger partial charge in [0.25, 0.3) is 0 Å². The molecule has 0 saturated heterocycles. The number of primary amides is 1. The van der Waals surface area contributed by atoms with Gasteiger partial charge in [0.1, 0.15) is 0 Å². The Bertz CT molecular complexity index is 701. The second-order valence-corrected chi connectivity index (χ2v) is 5.26. The average molecular weight is 349 g/mol. The van der Waals surface area contributed by atoms with Crippen molar-refractivity contribution in [2.75, 3.05) is 5.32 Å². The fraction of sp³-hybridized carbons (Fsp3) is 0.0667. The van der Waals surface area contributed by atoms with Crippen molar-refractivity contribution in [3.05, 3.63) is 63.6 Å². The Morgan fingerprint density at radius 3 is 2.52 bits per heavy atom. The number of carboxylic acid groups (broad SMARTS) is 1. The van der Waals surface area contributed by atoms with E-state index in [9.17, 15) is 9.59 Å². The molecule has 2 rings (SSSR count). The SMILES string of the molecule is NC(=O)c1cccc(NCc2ccc(C(=O)O)cc2Br)c1. The monoisotopic (exact) mass is 348 g/mol. The molecule has 4 N–H and O–H groups in total. The molecule has 108 valence electrons. The molecule has 0 aromatic heterocycles. The van der Waals surface area contributed by atoms with E-state index in [0.29, 0.717) is 16.6 Å². The third-order valence-corrected chi connectivity index (χ3v) is 3.67. The second-order valence-electron chi connectivity index (χ2n) is 4.41. The second kappa shape index (κ2) is 6.41. The van der Waals surface area contributed by atoms with Crippen LogP contribution >= 0.6 is 15.9 Å². The van der Waals surface area contributed by atoms with Gasteiger partial charge in [0, 0.05) is 22.3 Å². The first kappa shape index (κ1) is 15.1. The first-order chi connectivity index (χ1) is 9.97. The van der Waals surface area contributed by atoms with Crippen LogP contribution in [0, 0.1) is 0 Å². The summed E-state index contributed by atoms with van der Waals surface area (Å²) in [6.45, 7) is 0.489. The van der Waals surface area contributed by atoms with Crippen LogP contribution < -0.4 is 11.1 Å². The fourth-order valence-electron chi connectivity index (χ4n) is 1.80. The maximum absolute atomic E-state index is 11.1. The number of hydrogen-bond acceptors (Lipinski definition) is 3. The van der Waals surface area contributed by atoms with Gasteiger partial charge < -0.3 is 16.2 Å². The van der Waals surface area contributed by atoms with Crippen LogP contribution in [0.5, 0.6) is 0 Å². The highest BCUT2D eigenvalue weighted by molar-refractivity contribution is 9.10. The predicted octanol–water partition coefficient (Wildman–Crippen LogP) is 2.86. The van der Waals surface area contributed by atoms with Crippen molar-refractivity contribution in [2.45, 2.75) is 6.54 Å². The number of carbonyl (C=O) groups is 2. The zero-order valence-corrected chi connectivity index (χ0v) is 12.6. The molecule has 0 radical (unpaired) electrons. The van der Waals surface area contributed by atoms with Gasteiger partial charge in [-0.05, 0) is 35.9 Å². The van der Waals surface area contributed by atoms with E-state index in [1.807, 2.05) is 6.07 Å². The largest absolute Gasteiger partial charge is 0.478 e. The van der Waals surface area contributed by atoms with E-state index in [-0.39, 0.29) is 5.56 Å². The van der Waals surface area contributed by atoms with Gasteiger partial charge in [0.15, 0.2) is 0 Å². The zero-order valence-electron chi connectivity index (χ0n) is 11.0. The molecule has 2 aromatic rings. The molecule has 2 aromatic carbocycles. The van der Waals surface area contributed by atoms with Crippen LogP contribution in [-0.4, -0.2) is 17.0 Å². The molecule has 6 heteroatoms. The normalized spacial score (nSPS) is 10.1. The van der Waals surface area contributed by atoms with Gasteiger partial charge in [-0.2, -0.15) is 0 Å². The number of amides is 1. The average Bonchev–Trinajstić information content (AvgIpc) is 2.46. The first-order valence-corrected chi connectivity index (χ1v) is 6.92. The van der Waals surface area contributed by atoms with Crippen molar-refractivity contribution in [1.29, 1.82) is 0 Å². The predicted molar refractivity (Wildman–Crippen MR) is 83.4 cm³/mol. The van der Waals surface area contributed by atoms with Crippen LogP contribution in [0.4, 0.5) is 5.69 Å². The van der Waals surface area contributed by atoms with Crippen molar-refractivity contribution in [1.82, 2.24) is 0 Å². The smallest absolute Gasteiger partial charge is 0.335 e. The molecule has 0 unspecified atom stereocenters. The van der Waals surface area contributed by atoms with Crippen LogP contribution in [0.3, 0.4) is 0 Å². The van der Waals surface area contributed by atoms with Crippen LogP contribution in [0.25, 0.3) is 0 Å². The summed E-state index contributed by atoms with van der Waals surface area (Å²) < 4.78 is 0.709. The van der Waals surface area contributed by atoms with Crippen LogP contribution in [0.1, 0.15) is 26.3 Å². The van der Waals surface area contributed by atoms with Crippen LogP contribution in [-0.2, 0) is 6.54 Å². The molecule has 0 aliphatic carbocycles. The molecule has 0 fully saturated rings. The van der Waals surface area contributed by atoms with Gasteiger partial charge in [-0.25, -0.2) is 4.79 Å². The fourth-order valence-corrected chi connectivity index (χ4v) is 2.32. The zero-order chi connectivity index (χ0) is 15.4. The van der Waals surface area contributed by atoms with E-state index in [4.69, 9.17) is 10.8 Å². The highest BCUT2D eigenvalue weighted by Crippen LogP contribution is 2.20. The minimum Gasteiger partial charge on any atom is -0.478 e. The standard InChI is InChI=1S/C15H13BrN2O3/c16-13-7-10(15(20)21)4-5-11(13)8-18-12-3-1-2-9(6-12)14(17)19/h1-7,18H,8H2,(H2,17,19)(H,20,21). The Morgan fingerprint density at radius 1 is 1.14 bits per heavy atom. The molecular weight excluding hydrogens is 336 g/mol. The summed E-state index contributed by atoms with van der Waals surface area (Å²) in [6.07, 6.45) is 0. The minimum absolute atomic E-state index is 0.223. The third-order valence-electron chi connectivity index (χ3n) is 2.93. The summed E-state index contributed by atoms with van der Waals surface area (Å²) in [5, 5.41) is 12.1. The van der Waals surface area contributed by atoms with Gasteiger partial charge in [-0.3, -0.25) is 4.79 Å². The van der Waals surface area contributed by atoms with Gasteiger partial charge >= 0.3 is 5.97 Å². The first-order valence-electron chi connectivity index (χ1n) is 6.13. The molecule has 0 spiro atoms. The molecule has 0 aliphatic rings. The summed E-state index contributed by atoms with van der Waals surface area (Å²) >= 11 is 3.35. The summed E-state index contributed by atoms with van der Waals surface area (Å²) in [4.78, 5) is 22.0. The van der Waals surface area contributed by atoms with Crippen LogP contribution in [0.2, 0.25) is 0 Å². The van der Waals surface area contributed by atoms with Crippen LogP contribution in [0.15, 0.2) is 46.9 Å². The van der Waals surface area contributed by atoms with E-state index in [1.54, 1.807) is 36.4 Å². The van der Waals surface area contributed by atoms with E-state index in [2.05, 4.69) is 21.2 Å². The lowest BCUT2D eigenvalue weighted by Crippen LogP contribution is -2.11. The topological polar surface area (TPSA) is 92.4 Å². The minimum atomic E-state index is -0.968. The summed E-state index contributed by atoms with van der Waals surface area (Å²) in [5.41, 5.74) is 7.55. The quantitative estimate of drug-likeness (QED) is 0.774. The number of carboxylic acids is 1. The highest BCUT2D eigenvalue weighted by atomic mass is 79.9. The molecular formula is C15H13BrN2O3. The lowest BCUT2D eigenvalue weighted by atomic mass is 10.1. The lowest BCUT2D eigenvalue weighted by Gasteiger charge is -2.09. The van der Waals surface area contributed by atoms with E-state index in [0.717, 1.165) is 11.3 Å². The maximum atomic E-state index is 11.1. The number of benzene rings is 2. The number of rotatable bonds is 5. The summed E-state index contributed by atoms with van der Waals surface area (Å²) in [6, 6.07) is 11.7. The molecule has 5 nitrogen and oxygen atoms in total. The van der Waals surface area contributed by atoms with Gasteiger partial charge in [0.05, 0.1) is 5.56 Å². The Morgan fingerprint density at radius 2 is 1.90 bits per heavy atom. The van der Waals surface area contributed by atoms with Crippen molar-refractivity contribution in [3.8, 4) is 0 Å². The van der Waals surface area contributed by atoms with E-state index < -0.39 is 11.9 Å². The third kappa shape index (κ3) is 3.82. The van der Waals surface area contributed by atoms with Gasteiger partial charge in [-0.1, -0.05) is 28.1 Å². The summed E-state index contributed by atoms with van der Waals surface area (Å²) in [5.74, 6) is -1.45. The maximum Gasteiger partial charge on any atom is 0.335 e. The molecule has 0 bridgehead atoms. The van der Waals surface area contributed by atoms with Crippen molar-refractivity contribution in [2.24, 2.45) is 5.73 Å². The Balaban J connectivity index is 2.11. The molecule has 1 amide bonds. The number of aromatic carboxylic acids is 1. The number of anilines is 1. The number of hydrogen-bond donors (Lipinski definition) is 3. The highest BCUT2D eigenvalue weighted by Gasteiger charge is 2.07. The molecule has 0 saturated carbocycles. The molecule has 0 aliphatic heterocycles. The lowest BCUT2D eigenvalue weighted by molar-refractivity contribution is 0.0696. The number of nitrogens with two attached hydrogens (primary N) is 1. The Kier molecular flexibility index (Phi) is 4.59. The van der Waals surface area contributed by atoms with Gasteiger partial charge in [-0.15, -0.1) is 0 Å². The van der Waals surface area contributed by atoms with Crippen molar-refractivity contribution >= 4 is 33.5 Å². The number of nitrogens with one attached hydrogen (secondary N) is 1. The molecule has 21 heavy (non-hydrogen) atoms. The number of carbonyl (C=O) groups excluding carboxylic acids is 1. The summed E-state index contributed by atoms with van der Waals surface area (Å²) in [7, 11) is 0. The Hall–Kier alpha value is -2.34. The van der Waals surface area contributed by atoms with E-state index in [1.165, 1.54) is 0 Å². The van der Waals surface area contributed by atoms with Crippen molar-refractivity contribution < 1.29 is 14.7 Å². The number of halogens is 1. The van der Waals surface area contributed by atoms with E-state index >= 15 is 0 Å². The Labute approximate surface area is 129 Å². The molecule has 0 atom stereocenters. The van der Waals surface area contributed by atoms with Gasteiger partial charge in [0.2, 0.25) is 5.91 Å². The van der Waals surface area contributed by atoms with Crippen molar-refractivity contribution in [3.63, 3.8) is 0 Å².